The van der Waals surface area contributed by atoms with Crippen molar-refractivity contribution in [3.8, 4) is 5.75 Å². The van der Waals surface area contributed by atoms with Crippen LogP contribution in [0.3, 0.4) is 0 Å². The van der Waals surface area contributed by atoms with Gasteiger partial charge in [-0.2, -0.15) is 4.99 Å². The summed E-state index contributed by atoms with van der Waals surface area (Å²) in [6.07, 6.45) is 3.46. The van der Waals surface area contributed by atoms with Crippen molar-refractivity contribution in [2.45, 2.75) is 32.4 Å². The van der Waals surface area contributed by atoms with Gasteiger partial charge in [-0.1, -0.05) is 49.1 Å². The fraction of sp³-hybridized carbons (Fsp3) is 0.348. The maximum absolute atomic E-state index is 13.2. The molecule has 1 saturated heterocycles. The van der Waals surface area contributed by atoms with Crippen LogP contribution in [-0.4, -0.2) is 52.7 Å². The van der Waals surface area contributed by atoms with Gasteiger partial charge in [-0.05, 0) is 30.3 Å². The zero-order valence-electron chi connectivity index (χ0n) is 18.9. The lowest BCUT2D eigenvalue weighted by atomic mass is 10.2. The van der Waals surface area contributed by atoms with Gasteiger partial charge < -0.3 is 19.3 Å². The predicted octanol–water partition coefficient (Wildman–Crippen LogP) is 5.46. The number of halogens is 1. The number of para-hydroxylation sites is 1. The van der Waals surface area contributed by atoms with Crippen LogP contribution in [0, 0.1) is 0 Å². The smallest absolute Gasteiger partial charge is 0.281 e. The number of phenols is 1. The molecule has 0 bridgehead atoms. The van der Waals surface area contributed by atoms with Crippen LogP contribution in [-0.2, 0) is 11.5 Å². The maximum atomic E-state index is 13.2. The molecule has 1 amide bonds. The van der Waals surface area contributed by atoms with Gasteiger partial charge in [0.05, 0.1) is 10.6 Å². The number of ether oxygens (including phenoxy) is 1. The molecule has 3 heterocycles. The average Bonchev–Trinajstić information content (AvgIpc) is 3.35. The zero-order valence-corrected chi connectivity index (χ0v) is 21.5. The van der Waals surface area contributed by atoms with Gasteiger partial charge in [0.15, 0.2) is 5.17 Å². The minimum Gasteiger partial charge on any atom is -0.506 e. The summed E-state index contributed by atoms with van der Waals surface area (Å²) in [6, 6.07) is 9.71. The Bertz CT molecular complexity index is 1190. The highest BCUT2D eigenvalue weighted by molar-refractivity contribution is 8.14. The maximum Gasteiger partial charge on any atom is 0.281 e. The second-order valence-corrected chi connectivity index (χ2v) is 16.1. The molecule has 10 heteroatoms. The van der Waals surface area contributed by atoms with E-state index in [4.69, 9.17) is 16.3 Å². The van der Waals surface area contributed by atoms with Crippen molar-refractivity contribution in [1.29, 1.82) is 0 Å². The number of benzene rings is 1. The Balaban J connectivity index is 1.60. The minimum absolute atomic E-state index is 0.0569. The quantitative estimate of drug-likeness (QED) is 0.341. The van der Waals surface area contributed by atoms with E-state index in [1.54, 1.807) is 41.6 Å². The molecule has 4 rings (SSSR count). The monoisotopic (exact) mass is 502 g/mol. The minimum atomic E-state index is -1.18. The van der Waals surface area contributed by atoms with E-state index in [0.29, 0.717) is 47.0 Å². The third kappa shape index (κ3) is 5.43. The topological polar surface area (TPSA) is 80.0 Å². The van der Waals surface area contributed by atoms with Crippen molar-refractivity contribution < 1.29 is 14.6 Å². The molecule has 33 heavy (non-hydrogen) atoms. The summed E-state index contributed by atoms with van der Waals surface area (Å²) in [4.78, 5) is 23.9. The zero-order chi connectivity index (χ0) is 23.6. The highest BCUT2D eigenvalue weighted by Crippen LogP contribution is 2.38. The number of carbonyl (C=O) groups is 1. The van der Waals surface area contributed by atoms with Crippen LogP contribution < -0.4 is 4.90 Å². The molecule has 0 radical (unpaired) electrons. The van der Waals surface area contributed by atoms with Crippen molar-refractivity contribution in [2.75, 3.05) is 23.8 Å². The lowest BCUT2D eigenvalue weighted by Gasteiger charge is -2.20. The lowest BCUT2D eigenvalue weighted by molar-refractivity contribution is 0.0895. The summed E-state index contributed by atoms with van der Waals surface area (Å²) < 4.78 is 7.74. The molecule has 174 valence electrons. The van der Waals surface area contributed by atoms with E-state index in [2.05, 4.69) is 29.6 Å². The van der Waals surface area contributed by atoms with Gasteiger partial charge >= 0.3 is 0 Å². The highest BCUT2D eigenvalue weighted by atomic mass is 35.5. The standard InChI is InChI=1S/C23H27ClN4O3SSi/c1-33(2,3)13-11-31-15-27-14-17(16-6-5-9-25-21(16)27)22(30)26-23-28(10-12-32-23)20-18(24)7-4-8-19(20)29/h4-9,14,29H,10-13,15H2,1-3H3. The first-order valence-corrected chi connectivity index (χ1v) is 15.8. The molecule has 2 aromatic heterocycles. The van der Waals surface area contributed by atoms with E-state index in [9.17, 15) is 9.90 Å². The van der Waals surface area contributed by atoms with Crippen molar-refractivity contribution >= 4 is 59.2 Å². The van der Waals surface area contributed by atoms with Crippen molar-refractivity contribution in [1.82, 2.24) is 9.55 Å². The molecule has 0 atom stereocenters. The Morgan fingerprint density at radius 3 is 2.88 bits per heavy atom. The first-order chi connectivity index (χ1) is 15.7. The van der Waals surface area contributed by atoms with Gasteiger partial charge in [0.25, 0.3) is 5.91 Å². The van der Waals surface area contributed by atoms with E-state index in [0.717, 1.165) is 17.2 Å². The molecule has 1 fully saturated rings. The first-order valence-electron chi connectivity index (χ1n) is 10.8. The number of amidine groups is 1. The van der Waals surface area contributed by atoms with E-state index >= 15 is 0 Å². The van der Waals surface area contributed by atoms with Gasteiger partial charge in [-0.3, -0.25) is 4.79 Å². The Kier molecular flexibility index (Phi) is 7.13. The van der Waals surface area contributed by atoms with Crippen LogP contribution in [0.15, 0.2) is 47.7 Å². The fourth-order valence-electron chi connectivity index (χ4n) is 3.55. The van der Waals surface area contributed by atoms with Crippen LogP contribution in [0.1, 0.15) is 10.4 Å². The number of thioether (sulfide) groups is 1. The SMILES string of the molecule is C[Si](C)(C)CCOCn1cc(C(=O)N=C2SCCN2c2c(O)cccc2Cl)c2cccnc21. The Hall–Kier alpha value is -2.33. The molecule has 0 saturated carbocycles. The Morgan fingerprint density at radius 1 is 1.30 bits per heavy atom. The molecule has 3 aromatic rings. The summed E-state index contributed by atoms with van der Waals surface area (Å²) in [6.45, 7) is 8.54. The van der Waals surface area contributed by atoms with E-state index in [-0.39, 0.29) is 11.7 Å². The van der Waals surface area contributed by atoms with Crippen LogP contribution in [0.4, 0.5) is 5.69 Å². The highest BCUT2D eigenvalue weighted by Gasteiger charge is 2.27. The van der Waals surface area contributed by atoms with E-state index in [1.807, 2.05) is 10.6 Å². The molecule has 1 aliphatic heterocycles. The van der Waals surface area contributed by atoms with Gasteiger partial charge in [-0.25, -0.2) is 4.98 Å². The summed E-state index contributed by atoms with van der Waals surface area (Å²) in [5.74, 6) is 0.432. The van der Waals surface area contributed by atoms with Crippen molar-refractivity contribution in [2.24, 2.45) is 4.99 Å². The molecule has 7 nitrogen and oxygen atoms in total. The van der Waals surface area contributed by atoms with Crippen molar-refractivity contribution in [3.63, 3.8) is 0 Å². The number of phenolic OH excluding ortho intramolecular Hbond substituents is 1. The third-order valence-electron chi connectivity index (χ3n) is 5.30. The molecule has 1 aliphatic rings. The van der Waals surface area contributed by atoms with Crippen LogP contribution in [0.25, 0.3) is 11.0 Å². The second-order valence-electron chi connectivity index (χ2n) is 9.04. The number of aromatic nitrogens is 2. The molecular weight excluding hydrogens is 476 g/mol. The third-order valence-corrected chi connectivity index (χ3v) is 8.27. The summed E-state index contributed by atoms with van der Waals surface area (Å²) in [7, 11) is -1.18. The summed E-state index contributed by atoms with van der Waals surface area (Å²) >= 11 is 7.78. The number of amides is 1. The number of rotatable bonds is 7. The van der Waals surface area contributed by atoms with Gasteiger partial charge in [0.1, 0.15) is 23.8 Å². The molecule has 0 unspecified atom stereocenters. The van der Waals surface area contributed by atoms with E-state index in [1.165, 1.54) is 11.8 Å². The molecular formula is C23H27ClN4O3SSi. The van der Waals surface area contributed by atoms with Crippen LogP contribution in [0.5, 0.6) is 5.75 Å². The van der Waals surface area contributed by atoms with Gasteiger partial charge in [0, 0.05) is 44.8 Å². The number of aromatic hydroxyl groups is 1. The van der Waals surface area contributed by atoms with Crippen LogP contribution in [0.2, 0.25) is 30.7 Å². The van der Waals surface area contributed by atoms with Crippen LogP contribution >= 0.6 is 23.4 Å². The fourth-order valence-corrected chi connectivity index (χ4v) is 5.52. The predicted molar refractivity (Wildman–Crippen MR) is 139 cm³/mol. The Morgan fingerprint density at radius 2 is 2.12 bits per heavy atom. The van der Waals surface area contributed by atoms with Gasteiger partial charge in [-0.15, -0.1) is 0 Å². The number of hydrogen-bond donors (Lipinski definition) is 1. The van der Waals surface area contributed by atoms with Crippen molar-refractivity contribution in [3.05, 3.63) is 53.3 Å². The first kappa shape index (κ1) is 23.8. The molecule has 1 aromatic carbocycles. The number of hydrogen-bond acceptors (Lipinski definition) is 5. The Labute approximate surface area is 203 Å². The number of aliphatic imine (C=N–C) groups is 1. The number of pyridine rings is 1. The lowest BCUT2D eigenvalue weighted by Crippen LogP contribution is -2.25. The number of nitrogens with zero attached hydrogens (tertiary/aromatic N) is 4. The number of carbonyl (C=O) groups excluding carboxylic acids is 1. The average molecular weight is 503 g/mol. The molecule has 0 spiro atoms. The second kappa shape index (κ2) is 9.88. The summed E-state index contributed by atoms with van der Waals surface area (Å²) in [5, 5.41) is 12.0. The molecule has 0 aliphatic carbocycles. The number of anilines is 1. The molecule has 1 N–H and O–H groups in total. The normalized spacial score (nSPS) is 15.6. The van der Waals surface area contributed by atoms with E-state index < -0.39 is 8.07 Å². The largest absolute Gasteiger partial charge is 0.506 e. The summed E-state index contributed by atoms with van der Waals surface area (Å²) in [5.41, 5.74) is 1.62. The van der Waals surface area contributed by atoms with Gasteiger partial charge in [0.2, 0.25) is 0 Å². The number of fused-ring (bicyclic) bond motifs is 1.